The summed E-state index contributed by atoms with van der Waals surface area (Å²) in [4.78, 5) is 4.14. The first-order chi connectivity index (χ1) is 10.2. The number of hydrogen-bond donors (Lipinski definition) is 2. The van der Waals surface area contributed by atoms with Crippen molar-refractivity contribution in [2.24, 2.45) is 10.2 Å². The summed E-state index contributed by atoms with van der Waals surface area (Å²) in [5.41, 5.74) is 1.27. The fraction of sp³-hybridized carbons (Fsp3) is 0. The normalized spacial score (nSPS) is 11.1. The summed E-state index contributed by atoms with van der Waals surface area (Å²) >= 11 is 0. The maximum atomic E-state index is 12.8. The number of nitrogens with one attached hydrogen (secondary N) is 1. The first-order valence-corrected chi connectivity index (χ1v) is 6.10. The fourth-order valence-corrected chi connectivity index (χ4v) is 1.66. The topological polar surface area (TPSA) is 86.5 Å². The van der Waals surface area contributed by atoms with E-state index in [2.05, 4.69) is 25.4 Å². The zero-order valence-electron chi connectivity index (χ0n) is 10.7. The van der Waals surface area contributed by atoms with Crippen molar-refractivity contribution in [2.45, 2.75) is 0 Å². The number of H-pyrrole nitrogens is 1. The summed E-state index contributed by atoms with van der Waals surface area (Å²) in [6.45, 7) is 0. The number of aromatic hydroxyl groups is 1. The number of aromatic nitrogens is 3. The Morgan fingerprint density at radius 1 is 0.952 bits per heavy atom. The molecule has 21 heavy (non-hydrogen) atoms. The van der Waals surface area contributed by atoms with Crippen molar-refractivity contribution in [1.82, 2.24) is 15.2 Å². The molecule has 6 nitrogen and oxygen atoms in total. The number of halogens is 1. The molecule has 3 rings (SSSR count). The molecule has 0 aliphatic rings. The van der Waals surface area contributed by atoms with Crippen LogP contribution in [0.25, 0.3) is 11.4 Å². The summed E-state index contributed by atoms with van der Waals surface area (Å²) in [5.74, 6) is 0.494. The van der Waals surface area contributed by atoms with E-state index in [1.165, 1.54) is 24.3 Å². The number of phenols is 1. The van der Waals surface area contributed by atoms with Gasteiger partial charge in [-0.3, -0.25) is 5.10 Å². The van der Waals surface area contributed by atoms with E-state index in [-0.39, 0.29) is 17.5 Å². The fourth-order valence-electron chi connectivity index (χ4n) is 1.66. The van der Waals surface area contributed by atoms with Gasteiger partial charge >= 0.3 is 0 Å². The Hall–Kier alpha value is -3.09. The Balaban J connectivity index is 1.78. The van der Waals surface area contributed by atoms with Gasteiger partial charge in [0, 0.05) is 5.56 Å². The summed E-state index contributed by atoms with van der Waals surface area (Å²) in [7, 11) is 0. The van der Waals surface area contributed by atoms with Crippen LogP contribution in [0, 0.1) is 5.82 Å². The minimum Gasteiger partial charge on any atom is -0.508 e. The SMILES string of the molecule is Oc1ccc(N=Nc2n[nH]c(-c3ccc(F)cc3)n2)cc1. The highest BCUT2D eigenvalue weighted by Gasteiger charge is 2.05. The maximum Gasteiger partial charge on any atom is 0.287 e. The van der Waals surface area contributed by atoms with Crippen LogP contribution in [0.5, 0.6) is 5.75 Å². The lowest BCUT2D eigenvalue weighted by Gasteiger charge is -1.93. The smallest absolute Gasteiger partial charge is 0.287 e. The summed E-state index contributed by atoms with van der Waals surface area (Å²) < 4.78 is 12.8. The van der Waals surface area contributed by atoms with E-state index in [4.69, 9.17) is 5.11 Å². The predicted molar refractivity (Wildman–Crippen MR) is 74.1 cm³/mol. The van der Waals surface area contributed by atoms with Crippen LogP contribution in [-0.2, 0) is 0 Å². The van der Waals surface area contributed by atoms with Crippen molar-refractivity contribution in [3.05, 3.63) is 54.3 Å². The van der Waals surface area contributed by atoms with E-state index in [0.29, 0.717) is 17.1 Å². The molecule has 7 heteroatoms. The second kappa shape index (κ2) is 5.49. The molecular weight excluding hydrogens is 273 g/mol. The molecule has 0 unspecified atom stereocenters. The van der Waals surface area contributed by atoms with Crippen LogP contribution in [0.3, 0.4) is 0 Å². The van der Waals surface area contributed by atoms with Gasteiger partial charge in [-0.25, -0.2) is 4.39 Å². The van der Waals surface area contributed by atoms with Crippen molar-refractivity contribution in [3.63, 3.8) is 0 Å². The third-order valence-electron chi connectivity index (χ3n) is 2.70. The first kappa shape index (κ1) is 12.9. The number of phenolic OH excluding ortho intramolecular Hbond substituents is 1. The minimum atomic E-state index is -0.314. The van der Waals surface area contributed by atoms with Crippen LogP contribution >= 0.6 is 0 Å². The molecule has 104 valence electrons. The molecule has 0 aliphatic heterocycles. The molecule has 1 heterocycles. The molecule has 0 atom stereocenters. The quantitative estimate of drug-likeness (QED) is 0.718. The van der Waals surface area contributed by atoms with Gasteiger partial charge in [-0.2, -0.15) is 4.98 Å². The van der Waals surface area contributed by atoms with E-state index in [1.807, 2.05) is 0 Å². The lowest BCUT2D eigenvalue weighted by atomic mass is 10.2. The van der Waals surface area contributed by atoms with Gasteiger partial charge in [-0.05, 0) is 48.5 Å². The average Bonchev–Trinajstić information content (AvgIpc) is 2.96. The van der Waals surface area contributed by atoms with Crippen molar-refractivity contribution < 1.29 is 9.50 Å². The Morgan fingerprint density at radius 2 is 1.67 bits per heavy atom. The number of azo groups is 1. The molecule has 0 fully saturated rings. The molecule has 3 aromatic rings. The van der Waals surface area contributed by atoms with Crippen LogP contribution in [0.4, 0.5) is 16.0 Å². The van der Waals surface area contributed by atoms with Crippen molar-refractivity contribution in [2.75, 3.05) is 0 Å². The highest BCUT2D eigenvalue weighted by Crippen LogP contribution is 2.20. The van der Waals surface area contributed by atoms with Crippen LogP contribution in [0.2, 0.25) is 0 Å². The molecular formula is C14H10FN5O. The lowest BCUT2D eigenvalue weighted by Crippen LogP contribution is -1.80. The highest BCUT2D eigenvalue weighted by molar-refractivity contribution is 5.55. The number of nitrogens with zero attached hydrogens (tertiary/aromatic N) is 4. The maximum absolute atomic E-state index is 12.8. The van der Waals surface area contributed by atoms with Gasteiger partial charge < -0.3 is 5.11 Å². The van der Waals surface area contributed by atoms with Gasteiger partial charge in [0.2, 0.25) is 0 Å². The minimum absolute atomic E-state index is 0.158. The highest BCUT2D eigenvalue weighted by atomic mass is 19.1. The van der Waals surface area contributed by atoms with Gasteiger partial charge in [-0.15, -0.1) is 15.3 Å². The molecule has 0 spiro atoms. The average molecular weight is 283 g/mol. The second-order valence-electron chi connectivity index (χ2n) is 4.21. The number of rotatable bonds is 3. The van der Waals surface area contributed by atoms with Crippen molar-refractivity contribution in [3.8, 4) is 17.1 Å². The molecule has 2 aromatic carbocycles. The Bertz CT molecular complexity index is 765. The van der Waals surface area contributed by atoms with Crippen LogP contribution in [0.15, 0.2) is 58.8 Å². The predicted octanol–water partition coefficient (Wildman–Crippen LogP) is 3.73. The standard InChI is InChI=1S/C14H10FN5O/c15-10-3-1-9(2-4-10)13-16-14(20-18-13)19-17-11-5-7-12(21)8-6-11/h1-8,21H,(H,16,18,20). The van der Waals surface area contributed by atoms with Gasteiger partial charge in [0.15, 0.2) is 5.82 Å². The number of aromatic amines is 1. The van der Waals surface area contributed by atoms with Crippen LogP contribution in [-0.4, -0.2) is 20.3 Å². The third kappa shape index (κ3) is 3.08. The number of benzene rings is 2. The van der Waals surface area contributed by atoms with Crippen LogP contribution < -0.4 is 0 Å². The molecule has 1 aromatic heterocycles. The van der Waals surface area contributed by atoms with Gasteiger partial charge in [0.05, 0.1) is 5.69 Å². The molecule has 0 radical (unpaired) electrons. The molecule has 0 bridgehead atoms. The third-order valence-corrected chi connectivity index (χ3v) is 2.70. The second-order valence-corrected chi connectivity index (χ2v) is 4.21. The first-order valence-electron chi connectivity index (χ1n) is 6.10. The van der Waals surface area contributed by atoms with Gasteiger partial charge in [0.1, 0.15) is 11.6 Å². The molecule has 0 saturated heterocycles. The van der Waals surface area contributed by atoms with Gasteiger partial charge in [-0.1, -0.05) is 0 Å². The largest absolute Gasteiger partial charge is 0.508 e. The van der Waals surface area contributed by atoms with E-state index in [1.54, 1.807) is 24.3 Å². The molecule has 2 N–H and O–H groups in total. The molecule has 0 aliphatic carbocycles. The van der Waals surface area contributed by atoms with Crippen molar-refractivity contribution in [1.29, 1.82) is 0 Å². The van der Waals surface area contributed by atoms with Crippen LogP contribution in [0.1, 0.15) is 0 Å². The number of hydrogen-bond acceptors (Lipinski definition) is 5. The Kier molecular flexibility index (Phi) is 3.38. The zero-order chi connectivity index (χ0) is 14.7. The summed E-state index contributed by atoms with van der Waals surface area (Å²) in [6, 6.07) is 12.1. The van der Waals surface area contributed by atoms with E-state index < -0.39 is 0 Å². The lowest BCUT2D eigenvalue weighted by molar-refractivity contribution is 0.475. The van der Waals surface area contributed by atoms with Crippen molar-refractivity contribution >= 4 is 11.6 Å². The monoisotopic (exact) mass is 283 g/mol. The Morgan fingerprint density at radius 3 is 2.38 bits per heavy atom. The Labute approximate surface area is 119 Å². The zero-order valence-corrected chi connectivity index (χ0v) is 10.7. The van der Waals surface area contributed by atoms with E-state index >= 15 is 0 Å². The summed E-state index contributed by atoms with van der Waals surface area (Å²) in [5, 5.41) is 23.6. The summed E-state index contributed by atoms with van der Waals surface area (Å²) in [6.07, 6.45) is 0. The van der Waals surface area contributed by atoms with Gasteiger partial charge in [0.25, 0.3) is 5.95 Å². The molecule has 0 amide bonds. The van der Waals surface area contributed by atoms with E-state index in [9.17, 15) is 4.39 Å². The van der Waals surface area contributed by atoms with E-state index in [0.717, 1.165) is 0 Å². The molecule has 0 saturated carbocycles.